The first kappa shape index (κ1) is 13.8. The number of nitrogens with two attached hydrogens (primary N) is 1. The molecule has 1 heterocycles. The summed E-state index contributed by atoms with van der Waals surface area (Å²) in [6.07, 6.45) is 0. The van der Waals surface area contributed by atoms with Crippen molar-refractivity contribution in [3.05, 3.63) is 52.3 Å². The second-order valence-electron chi connectivity index (χ2n) is 4.71. The summed E-state index contributed by atoms with van der Waals surface area (Å²) in [6, 6.07) is 9.95. The van der Waals surface area contributed by atoms with E-state index >= 15 is 0 Å². The summed E-state index contributed by atoms with van der Waals surface area (Å²) in [6.45, 7) is 1.81. The Morgan fingerprint density at radius 3 is 2.62 bits per heavy atom. The van der Waals surface area contributed by atoms with Crippen LogP contribution in [-0.4, -0.2) is 10.1 Å². The monoisotopic (exact) mass is 347 g/mol. The second-order valence-corrected chi connectivity index (χ2v) is 5.63. The topological polar surface area (TPSA) is 64.9 Å². The number of aromatic nitrogens is 2. The number of nitrogen functional groups attached to an aromatic ring is 1. The van der Waals surface area contributed by atoms with Gasteiger partial charge in [0, 0.05) is 21.3 Å². The summed E-state index contributed by atoms with van der Waals surface area (Å²) in [5, 5.41) is 3.90. The van der Waals surface area contributed by atoms with Crippen molar-refractivity contribution in [3.8, 4) is 22.8 Å². The molecular weight excluding hydrogens is 337 g/mol. The normalized spacial score (nSPS) is 10.8. The van der Waals surface area contributed by atoms with Crippen LogP contribution in [0.3, 0.4) is 0 Å². The van der Waals surface area contributed by atoms with Crippen LogP contribution >= 0.6 is 15.9 Å². The first-order valence-electron chi connectivity index (χ1n) is 6.19. The second kappa shape index (κ2) is 5.29. The van der Waals surface area contributed by atoms with E-state index in [9.17, 15) is 4.39 Å². The smallest absolute Gasteiger partial charge is 0.258 e. The Labute approximate surface area is 128 Å². The first-order valence-corrected chi connectivity index (χ1v) is 6.98. The molecule has 0 saturated carbocycles. The van der Waals surface area contributed by atoms with E-state index in [2.05, 4.69) is 26.1 Å². The minimum Gasteiger partial charge on any atom is -0.399 e. The summed E-state index contributed by atoms with van der Waals surface area (Å²) in [7, 11) is 0. The average molecular weight is 348 g/mol. The number of benzene rings is 2. The van der Waals surface area contributed by atoms with Gasteiger partial charge in [-0.3, -0.25) is 0 Å². The fourth-order valence-corrected chi connectivity index (χ4v) is 2.57. The van der Waals surface area contributed by atoms with Crippen LogP contribution in [0.25, 0.3) is 22.8 Å². The zero-order valence-electron chi connectivity index (χ0n) is 11.1. The molecule has 0 aliphatic carbocycles. The lowest BCUT2D eigenvalue weighted by Gasteiger charge is -1.99. The van der Waals surface area contributed by atoms with Crippen LogP contribution in [0.1, 0.15) is 5.56 Å². The molecule has 3 rings (SSSR count). The van der Waals surface area contributed by atoms with Gasteiger partial charge in [-0.25, -0.2) is 4.39 Å². The summed E-state index contributed by atoms with van der Waals surface area (Å²) >= 11 is 3.36. The lowest BCUT2D eigenvalue weighted by molar-refractivity contribution is 0.432. The molecule has 4 nitrogen and oxygen atoms in total. The molecule has 0 unspecified atom stereocenters. The zero-order chi connectivity index (χ0) is 15.0. The van der Waals surface area contributed by atoms with Gasteiger partial charge in [-0.1, -0.05) is 21.1 Å². The molecule has 0 bridgehead atoms. The molecule has 0 amide bonds. The zero-order valence-corrected chi connectivity index (χ0v) is 12.7. The lowest BCUT2D eigenvalue weighted by atomic mass is 10.1. The maximum absolute atomic E-state index is 13.4. The fourth-order valence-electron chi connectivity index (χ4n) is 2.06. The third-order valence-corrected chi connectivity index (χ3v) is 3.35. The Kier molecular flexibility index (Phi) is 3.47. The van der Waals surface area contributed by atoms with Crippen molar-refractivity contribution in [2.75, 3.05) is 5.73 Å². The molecule has 2 N–H and O–H groups in total. The van der Waals surface area contributed by atoms with Crippen molar-refractivity contribution in [2.45, 2.75) is 6.92 Å². The molecule has 0 saturated heterocycles. The quantitative estimate of drug-likeness (QED) is 0.705. The van der Waals surface area contributed by atoms with Crippen molar-refractivity contribution in [3.63, 3.8) is 0 Å². The Hall–Kier alpha value is -2.21. The van der Waals surface area contributed by atoms with Crippen LogP contribution in [0.15, 0.2) is 45.4 Å². The minimum atomic E-state index is -0.331. The highest BCUT2D eigenvalue weighted by Crippen LogP contribution is 2.27. The summed E-state index contributed by atoms with van der Waals surface area (Å²) in [5.41, 5.74) is 8.44. The number of rotatable bonds is 2. The lowest BCUT2D eigenvalue weighted by Crippen LogP contribution is -1.87. The third kappa shape index (κ3) is 2.95. The van der Waals surface area contributed by atoms with Crippen molar-refractivity contribution in [2.24, 2.45) is 0 Å². The van der Waals surface area contributed by atoms with E-state index in [1.165, 1.54) is 12.1 Å². The Morgan fingerprint density at radius 1 is 1.10 bits per heavy atom. The van der Waals surface area contributed by atoms with Crippen LogP contribution in [0.4, 0.5) is 10.1 Å². The number of hydrogen-bond acceptors (Lipinski definition) is 4. The van der Waals surface area contributed by atoms with E-state index in [4.69, 9.17) is 10.3 Å². The fraction of sp³-hybridized carbons (Fsp3) is 0.0667. The summed E-state index contributed by atoms with van der Waals surface area (Å²) < 4.78 is 19.5. The number of halogens is 2. The van der Waals surface area contributed by atoms with Gasteiger partial charge < -0.3 is 10.3 Å². The van der Waals surface area contributed by atoms with Gasteiger partial charge in [0.1, 0.15) is 5.82 Å². The van der Waals surface area contributed by atoms with Crippen molar-refractivity contribution in [1.29, 1.82) is 0 Å². The van der Waals surface area contributed by atoms with Gasteiger partial charge in [-0.2, -0.15) is 4.98 Å². The van der Waals surface area contributed by atoms with Gasteiger partial charge >= 0.3 is 0 Å². The standard InChI is InChI=1S/C15H11BrFN3O/c1-8-2-9(5-12(17)3-8)14-19-15(21-20-14)10-4-11(16)7-13(18)6-10/h2-7H,18H2,1H3. The van der Waals surface area contributed by atoms with Crippen LogP contribution in [-0.2, 0) is 0 Å². The number of nitrogens with zero attached hydrogens (tertiary/aromatic N) is 2. The average Bonchev–Trinajstić information content (AvgIpc) is 2.85. The first-order chi connectivity index (χ1) is 10.0. The Balaban J connectivity index is 2.03. The van der Waals surface area contributed by atoms with Gasteiger partial charge in [0.05, 0.1) is 0 Å². The van der Waals surface area contributed by atoms with Crippen LogP contribution < -0.4 is 5.73 Å². The molecule has 6 heteroatoms. The molecule has 2 aromatic carbocycles. The van der Waals surface area contributed by atoms with Gasteiger partial charge in [0.25, 0.3) is 5.89 Å². The third-order valence-electron chi connectivity index (χ3n) is 2.89. The Morgan fingerprint density at radius 2 is 1.90 bits per heavy atom. The highest BCUT2D eigenvalue weighted by molar-refractivity contribution is 9.10. The SMILES string of the molecule is Cc1cc(F)cc(-c2noc(-c3cc(N)cc(Br)c3)n2)c1. The van der Waals surface area contributed by atoms with E-state index < -0.39 is 0 Å². The molecule has 0 aliphatic heterocycles. The molecule has 106 valence electrons. The molecular formula is C15H11BrFN3O. The number of aryl methyl sites for hydroxylation is 1. The van der Waals surface area contributed by atoms with E-state index in [-0.39, 0.29) is 5.82 Å². The minimum absolute atomic E-state index is 0.331. The molecule has 3 aromatic rings. The van der Waals surface area contributed by atoms with Crippen molar-refractivity contribution in [1.82, 2.24) is 10.1 Å². The molecule has 0 spiro atoms. The van der Waals surface area contributed by atoms with Crippen LogP contribution in [0.5, 0.6) is 0 Å². The van der Waals surface area contributed by atoms with E-state index in [0.29, 0.717) is 28.5 Å². The molecule has 0 fully saturated rings. The van der Waals surface area contributed by atoms with Gasteiger partial charge in [0.2, 0.25) is 5.82 Å². The van der Waals surface area contributed by atoms with Crippen molar-refractivity contribution >= 4 is 21.6 Å². The predicted octanol–water partition coefficient (Wildman–Crippen LogP) is 4.20. The molecule has 1 aromatic heterocycles. The number of hydrogen-bond donors (Lipinski definition) is 1. The van der Waals surface area contributed by atoms with Crippen molar-refractivity contribution < 1.29 is 8.91 Å². The molecule has 0 radical (unpaired) electrons. The van der Waals surface area contributed by atoms with Crippen LogP contribution in [0, 0.1) is 12.7 Å². The summed E-state index contributed by atoms with van der Waals surface area (Å²) in [4.78, 5) is 4.29. The molecule has 21 heavy (non-hydrogen) atoms. The van der Waals surface area contributed by atoms with Crippen LogP contribution in [0.2, 0.25) is 0 Å². The van der Waals surface area contributed by atoms with E-state index in [1.54, 1.807) is 18.2 Å². The molecule has 0 atom stereocenters. The van der Waals surface area contributed by atoms with E-state index in [1.807, 2.05) is 13.0 Å². The summed E-state index contributed by atoms with van der Waals surface area (Å²) in [5.74, 6) is 0.342. The van der Waals surface area contributed by atoms with Gasteiger partial charge in [-0.05, 0) is 48.9 Å². The highest BCUT2D eigenvalue weighted by atomic mass is 79.9. The highest BCUT2D eigenvalue weighted by Gasteiger charge is 2.12. The maximum Gasteiger partial charge on any atom is 0.258 e. The number of anilines is 1. The maximum atomic E-state index is 13.4. The van der Waals surface area contributed by atoms with Gasteiger partial charge in [-0.15, -0.1) is 0 Å². The molecule has 0 aliphatic rings. The largest absolute Gasteiger partial charge is 0.399 e. The van der Waals surface area contributed by atoms with E-state index in [0.717, 1.165) is 10.0 Å². The Bertz CT molecular complexity index is 710. The van der Waals surface area contributed by atoms with Gasteiger partial charge in [0.15, 0.2) is 0 Å². The predicted molar refractivity (Wildman–Crippen MR) is 82.0 cm³/mol.